The van der Waals surface area contributed by atoms with Gasteiger partial charge in [-0.25, -0.2) is 9.48 Å². The number of carbonyl (C=O) groups is 2. The summed E-state index contributed by atoms with van der Waals surface area (Å²) < 4.78 is 7.07. The van der Waals surface area contributed by atoms with Crippen molar-refractivity contribution in [3.63, 3.8) is 0 Å². The monoisotopic (exact) mass is 452 g/mol. The van der Waals surface area contributed by atoms with Gasteiger partial charge in [0.1, 0.15) is 5.56 Å². The molecule has 7 heteroatoms. The second-order valence-corrected chi connectivity index (χ2v) is 9.57. The molecule has 1 saturated heterocycles. The van der Waals surface area contributed by atoms with E-state index in [0.29, 0.717) is 17.3 Å². The Morgan fingerprint density at radius 3 is 2.36 bits per heavy atom. The van der Waals surface area contributed by atoms with Gasteiger partial charge in [0, 0.05) is 18.2 Å². The second kappa shape index (κ2) is 10.5. The number of esters is 1. The van der Waals surface area contributed by atoms with Crippen LogP contribution in [0, 0.1) is 11.8 Å². The molecule has 1 saturated carbocycles. The summed E-state index contributed by atoms with van der Waals surface area (Å²) in [7, 11) is 2.11. The molecule has 33 heavy (non-hydrogen) atoms. The van der Waals surface area contributed by atoms with E-state index in [1.165, 1.54) is 0 Å². The number of amides is 1. The van der Waals surface area contributed by atoms with Crippen molar-refractivity contribution >= 4 is 17.7 Å². The van der Waals surface area contributed by atoms with Gasteiger partial charge in [0.25, 0.3) is 0 Å². The highest BCUT2D eigenvalue weighted by Crippen LogP contribution is 2.34. The van der Waals surface area contributed by atoms with E-state index >= 15 is 0 Å². The summed E-state index contributed by atoms with van der Waals surface area (Å²) in [6, 6.07) is 9.72. The first-order chi connectivity index (χ1) is 16.0. The molecule has 0 unspecified atom stereocenters. The lowest BCUT2D eigenvalue weighted by molar-refractivity contribution is -0.124. The SMILES string of the molecule is CCOC(=O)c1cn(-c2ccccc2)nc1N(C(=O)[C@H]1CC[C@H](C)CC1)C1CCN(C)CC1. The van der Waals surface area contributed by atoms with Crippen LogP contribution >= 0.6 is 0 Å². The fraction of sp³-hybridized carbons (Fsp3) is 0.577. The maximum Gasteiger partial charge on any atom is 0.343 e. The van der Waals surface area contributed by atoms with E-state index in [1.54, 1.807) is 17.8 Å². The molecule has 1 aliphatic heterocycles. The molecule has 178 valence electrons. The maximum absolute atomic E-state index is 14.0. The van der Waals surface area contributed by atoms with E-state index in [2.05, 4.69) is 18.9 Å². The molecule has 2 fully saturated rings. The molecule has 0 atom stereocenters. The van der Waals surface area contributed by atoms with Crippen LogP contribution in [-0.2, 0) is 9.53 Å². The van der Waals surface area contributed by atoms with Gasteiger partial charge in [0.2, 0.25) is 5.91 Å². The van der Waals surface area contributed by atoms with E-state index < -0.39 is 5.97 Å². The maximum atomic E-state index is 14.0. The summed E-state index contributed by atoms with van der Waals surface area (Å²) in [6.07, 6.45) is 7.38. The Hall–Kier alpha value is -2.67. The topological polar surface area (TPSA) is 67.7 Å². The quantitative estimate of drug-likeness (QED) is 0.611. The largest absolute Gasteiger partial charge is 0.462 e. The van der Waals surface area contributed by atoms with Crippen LogP contribution in [0.1, 0.15) is 62.7 Å². The smallest absolute Gasteiger partial charge is 0.343 e. The van der Waals surface area contributed by atoms with Crippen molar-refractivity contribution in [1.29, 1.82) is 0 Å². The van der Waals surface area contributed by atoms with Crippen molar-refractivity contribution in [1.82, 2.24) is 14.7 Å². The Morgan fingerprint density at radius 1 is 1.06 bits per heavy atom. The van der Waals surface area contributed by atoms with E-state index in [1.807, 2.05) is 35.2 Å². The molecule has 2 aromatic rings. The minimum Gasteiger partial charge on any atom is -0.462 e. The lowest BCUT2D eigenvalue weighted by atomic mass is 9.82. The van der Waals surface area contributed by atoms with Crippen molar-refractivity contribution in [2.75, 3.05) is 31.6 Å². The first-order valence-corrected chi connectivity index (χ1v) is 12.3. The number of hydrogen-bond donors (Lipinski definition) is 0. The zero-order valence-electron chi connectivity index (χ0n) is 20.1. The zero-order valence-corrected chi connectivity index (χ0v) is 20.1. The van der Waals surface area contributed by atoms with E-state index in [0.717, 1.165) is 57.3 Å². The number of anilines is 1. The lowest BCUT2D eigenvalue weighted by Crippen LogP contribution is -2.50. The Kier molecular flexibility index (Phi) is 7.48. The average Bonchev–Trinajstić information content (AvgIpc) is 3.27. The summed E-state index contributed by atoms with van der Waals surface area (Å²) in [6.45, 7) is 6.17. The normalized spacial score (nSPS) is 22.2. The number of carbonyl (C=O) groups excluding carboxylic acids is 2. The fourth-order valence-corrected chi connectivity index (χ4v) is 5.02. The van der Waals surface area contributed by atoms with Crippen molar-refractivity contribution in [2.45, 2.75) is 58.4 Å². The molecule has 0 N–H and O–H groups in total. The molecule has 1 amide bonds. The average molecular weight is 453 g/mol. The molecule has 2 heterocycles. The van der Waals surface area contributed by atoms with Gasteiger partial charge in [-0.2, -0.15) is 0 Å². The summed E-state index contributed by atoms with van der Waals surface area (Å²) in [5.74, 6) is 0.768. The molecule has 2 aliphatic rings. The van der Waals surface area contributed by atoms with Gasteiger partial charge in [0.05, 0.1) is 12.3 Å². The van der Waals surface area contributed by atoms with Gasteiger partial charge in [-0.3, -0.25) is 9.69 Å². The van der Waals surface area contributed by atoms with Crippen molar-refractivity contribution < 1.29 is 14.3 Å². The van der Waals surface area contributed by atoms with Crippen LogP contribution in [0.3, 0.4) is 0 Å². The van der Waals surface area contributed by atoms with Gasteiger partial charge in [-0.05, 0) is 83.6 Å². The van der Waals surface area contributed by atoms with E-state index in [-0.39, 0.29) is 24.5 Å². The number of nitrogens with zero attached hydrogens (tertiary/aromatic N) is 4. The van der Waals surface area contributed by atoms with Crippen molar-refractivity contribution in [2.24, 2.45) is 11.8 Å². The molecule has 0 radical (unpaired) electrons. The van der Waals surface area contributed by atoms with Gasteiger partial charge in [-0.15, -0.1) is 5.10 Å². The van der Waals surface area contributed by atoms with Crippen LogP contribution in [0.2, 0.25) is 0 Å². The third kappa shape index (κ3) is 5.29. The van der Waals surface area contributed by atoms with Crippen LogP contribution in [-0.4, -0.2) is 59.3 Å². The molecular formula is C26H36N4O3. The number of piperidine rings is 1. The van der Waals surface area contributed by atoms with Crippen LogP contribution in [0.5, 0.6) is 0 Å². The van der Waals surface area contributed by atoms with Gasteiger partial charge < -0.3 is 9.64 Å². The van der Waals surface area contributed by atoms with Crippen LogP contribution < -0.4 is 4.90 Å². The Bertz CT molecular complexity index is 942. The highest BCUT2D eigenvalue weighted by molar-refractivity contribution is 6.02. The Labute approximate surface area is 196 Å². The molecule has 1 aliphatic carbocycles. The molecule has 4 rings (SSSR count). The number of para-hydroxylation sites is 1. The molecule has 1 aromatic carbocycles. The minimum atomic E-state index is -0.433. The molecule has 0 bridgehead atoms. The van der Waals surface area contributed by atoms with Gasteiger partial charge in [-0.1, -0.05) is 25.1 Å². The number of likely N-dealkylation sites (tertiary alicyclic amines) is 1. The minimum absolute atomic E-state index is 0.0159. The third-order valence-electron chi connectivity index (χ3n) is 7.09. The lowest BCUT2D eigenvalue weighted by Gasteiger charge is -2.39. The van der Waals surface area contributed by atoms with Crippen LogP contribution in [0.15, 0.2) is 36.5 Å². The molecule has 1 aromatic heterocycles. The molecule has 0 spiro atoms. The molecule has 7 nitrogen and oxygen atoms in total. The third-order valence-corrected chi connectivity index (χ3v) is 7.09. The number of benzene rings is 1. The van der Waals surface area contributed by atoms with Crippen LogP contribution in [0.4, 0.5) is 5.82 Å². The van der Waals surface area contributed by atoms with Gasteiger partial charge >= 0.3 is 5.97 Å². The Morgan fingerprint density at radius 2 is 1.73 bits per heavy atom. The fourth-order valence-electron chi connectivity index (χ4n) is 5.02. The molecular weight excluding hydrogens is 416 g/mol. The number of hydrogen-bond acceptors (Lipinski definition) is 5. The standard InChI is InChI=1S/C26H36N4O3/c1-4-33-26(32)23-18-29(21-8-6-5-7-9-21)27-24(23)30(22-14-16-28(3)17-15-22)25(31)20-12-10-19(2)11-13-20/h5-9,18-20,22H,4,10-17H2,1-3H3/t19-,20-. The second-order valence-electron chi connectivity index (χ2n) is 9.57. The van der Waals surface area contributed by atoms with Crippen molar-refractivity contribution in [3.8, 4) is 5.69 Å². The predicted octanol–water partition coefficient (Wildman–Crippen LogP) is 4.30. The Balaban J connectivity index is 1.75. The van der Waals surface area contributed by atoms with E-state index in [4.69, 9.17) is 9.84 Å². The highest BCUT2D eigenvalue weighted by Gasteiger charge is 2.38. The summed E-state index contributed by atoms with van der Waals surface area (Å²) in [5, 5.41) is 4.82. The summed E-state index contributed by atoms with van der Waals surface area (Å²) in [4.78, 5) is 31.1. The first-order valence-electron chi connectivity index (χ1n) is 12.3. The van der Waals surface area contributed by atoms with Gasteiger partial charge in [0.15, 0.2) is 5.82 Å². The summed E-state index contributed by atoms with van der Waals surface area (Å²) in [5.41, 5.74) is 1.20. The number of ether oxygens (including phenoxy) is 1. The van der Waals surface area contributed by atoms with E-state index in [9.17, 15) is 9.59 Å². The van der Waals surface area contributed by atoms with Crippen molar-refractivity contribution in [3.05, 3.63) is 42.1 Å². The summed E-state index contributed by atoms with van der Waals surface area (Å²) >= 11 is 0. The predicted molar refractivity (Wildman–Crippen MR) is 129 cm³/mol. The zero-order chi connectivity index (χ0) is 23.4. The first kappa shape index (κ1) is 23.5. The number of rotatable bonds is 6. The highest BCUT2D eigenvalue weighted by atomic mass is 16.5. The van der Waals surface area contributed by atoms with Crippen LogP contribution in [0.25, 0.3) is 5.69 Å². The number of aromatic nitrogens is 2.